The van der Waals surface area contributed by atoms with Crippen LogP contribution in [-0.2, 0) is 24.7 Å². The first-order valence-electron chi connectivity index (χ1n) is 9.81. The van der Waals surface area contributed by atoms with E-state index in [1.807, 2.05) is 13.8 Å². The third kappa shape index (κ3) is 4.67. The lowest BCUT2D eigenvalue weighted by Gasteiger charge is -2.29. The van der Waals surface area contributed by atoms with Crippen LogP contribution in [0, 0.1) is 13.8 Å². The molecule has 6 heteroatoms. The van der Waals surface area contributed by atoms with Gasteiger partial charge in [0.15, 0.2) is 0 Å². The van der Waals surface area contributed by atoms with Crippen LogP contribution in [0.2, 0.25) is 0 Å². The van der Waals surface area contributed by atoms with E-state index in [-0.39, 0.29) is 10.8 Å². The van der Waals surface area contributed by atoms with Gasteiger partial charge in [-0.05, 0) is 58.1 Å². The summed E-state index contributed by atoms with van der Waals surface area (Å²) in [6.45, 7) is 17.1. The van der Waals surface area contributed by atoms with Gasteiger partial charge in [0.25, 0.3) is 0 Å². The van der Waals surface area contributed by atoms with Crippen LogP contribution in [0.1, 0.15) is 74.9 Å². The lowest BCUT2D eigenvalue weighted by atomic mass is 9.82. The predicted octanol–water partition coefficient (Wildman–Crippen LogP) is 7.74. The van der Waals surface area contributed by atoms with Crippen molar-refractivity contribution in [2.24, 2.45) is 0 Å². The van der Waals surface area contributed by atoms with Gasteiger partial charge in [-0.15, -0.1) is 0 Å². The topological polar surface area (TPSA) is 44.8 Å². The standard InChI is InChI=1S/C23H30IO4P/c1-14-9-18(22(3,4)5)12-16-11-17-13-19(23(6,7)8)10-15(2)21(17)27-29(25,28-24)26-20(14)16/h9-10,12-13H,11H2,1-8H3. The van der Waals surface area contributed by atoms with Gasteiger partial charge < -0.3 is 9.05 Å². The van der Waals surface area contributed by atoms with Gasteiger partial charge in [0.05, 0.1) is 0 Å². The Morgan fingerprint density at radius 1 is 0.828 bits per heavy atom. The molecule has 29 heavy (non-hydrogen) atoms. The van der Waals surface area contributed by atoms with E-state index in [2.05, 4.69) is 65.8 Å². The van der Waals surface area contributed by atoms with E-state index in [9.17, 15) is 4.57 Å². The van der Waals surface area contributed by atoms with Crippen LogP contribution in [0.3, 0.4) is 0 Å². The summed E-state index contributed by atoms with van der Waals surface area (Å²) in [4.78, 5) is 0. The van der Waals surface area contributed by atoms with E-state index in [0.717, 1.165) is 22.3 Å². The lowest BCUT2D eigenvalue weighted by Crippen LogP contribution is -2.16. The molecule has 0 aliphatic carbocycles. The molecule has 158 valence electrons. The summed E-state index contributed by atoms with van der Waals surface area (Å²) in [6.07, 6.45) is 0.640. The summed E-state index contributed by atoms with van der Waals surface area (Å²) in [7, 11) is -3.81. The molecular formula is C23H30IO4P. The second-order valence-corrected chi connectivity index (χ2v) is 12.5. The van der Waals surface area contributed by atoms with E-state index < -0.39 is 7.82 Å². The number of benzene rings is 2. The van der Waals surface area contributed by atoms with Crippen molar-refractivity contribution in [1.82, 2.24) is 0 Å². The maximum atomic E-state index is 13.3. The molecule has 0 N–H and O–H groups in total. The van der Waals surface area contributed by atoms with Crippen LogP contribution < -0.4 is 9.05 Å². The Kier molecular flexibility index (Phi) is 5.92. The SMILES string of the molecule is Cc1cc(C(C)(C)C)cc2c1OP(=O)(OI)Oc1c(C)cc(C(C)(C)C)cc1C2. The number of aryl methyl sites for hydroxylation is 2. The van der Waals surface area contributed by atoms with E-state index >= 15 is 0 Å². The highest BCUT2D eigenvalue weighted by Gasteiger charge is 2.36. The van der Waals surface area contributed by atoms with Crippen molar-refractivity contribution in [3.63, 3.8) is 0 Å². The summed E-state index contributed by atoms with van der Waals surface area (Å²) in [5.41, 5.74) is 6.27. The molecule has 0 spiro atoms. The van der Waals surface area contributed by atoms with Crippen molar-refractivity contribution in [3.8, 4) is 11.5 Å². The Bertz CT molecular complexity index is 924. The van der Waals surface area contributed by atoms with E-state index in [1.54, 1.807) is 23.0 Å². The summed E-state index contributed by atoms with van der Waals surface area (Å²) in [5, 5.41) is 0. The Hall–Kier alpha value is -1.04. The second-order valence-electron chi connectivity index (χ2n) is 9.94. The van der Waals surface area contributed by atoms with Gasteiger partial charge in [0.2, 0.25) is 0 Å². The maximum Gasteiger partial charge on any atom is 0.597 e. The Labute approximate surface area is 188 Å². The highest BCUT2D eigenvalue weighted by atomic mass is 127. The zero-order chi connectivity index (χ0) is 21.8. The molecule has 1 aliphatic rings. The minimum Gasteiger partial charge on any atom is -0.394 e. The van der Waals surface area contributed by atoms with Crippen LogP contribution in [0.4, 0.5) is 0 Å². The molecule has 0 saturated heterocycles. The molecule has 0 fully saturated rings. The molecule has 0 atom stereocenters. The van der Waals surface area contributed by atoms with Gasteiger partial charge in [-0.1, -0.05) is 65.8 Å². The molecular weight excluding hydrogens is 498 g/mol. The Balaban J connectivity index is 2.29. The van der Waals surface area contributed by atoms with Gasteiger partial charge in [-0.2, -0.15) is 2.85 Å². The van der Waals surface area contributed by atoms with Crippen molar-refractivity contribution in [1.29, 1.82) is 0 Å². The Morgan fingerprint density at radius 2 is 1.21 bits per heavy atom. The minimum atomic E-state index is -3.81. The molecule has 0 amide bonds. The smallest absolute Gasteiger partial charge is 0.394 e. The summed E-state index contributed by atoms with van der Waals surface area (Å²) < 4.78 is 30.3. The second kappa shape index (κ2) is 7.58. The number of hydrogen-bond acceptors (Lipinski definition) is 4. The number of fused-ring (bicyclic) bond motifs is 2. The van der Waals surface area contributed by atoms with Crippen molar-refractivity contribution >= 4 is 30.8 Å². The van der Waals surface area contributed by atoms with E-state index in [1.165, 1.54) is 11.1 Å². The fourth-order valence-electron chi connectivity index (χ4n) is 3.56. The summed E-state index contributed by atoms with van der Waals surface area (Å²) in [5.74, 6) is 1.17. The summed E-state index contributed by atoms with van der Waals surface area (Å²) >= 11 is 1.60. The third-order valence-corrected chi connectivity index (χ3v) is 7.74. The Morgan fingerprint density at radius 3 is 1.52 bits per heavy atom. The molecule has 0 radical (unpaired) electrons. The van der Waals surface area contributed by atoms with Crippen molar-refractivity contribution < 1.29 is 16.5 Å². The fraction of sp³-hybridized carbons (Fsp3) is 0.478. The normalized spacial score (nSPS) is 16.0. The van der Waals surface area contributed by atoms with Gasteiger partial charge in [-0.3, -0.25) is 0 Å². The van der Waals surface area contributed by atoms with Crippen LogP contribution in [0.15, 0.2) is 24.3 Å². The number of phosphoric ester groups is 1. The maximum absolute atomic E-state index is 13.3. The molecule has 0 unspecified atom stereocenters. The molecule has 1 heterocycles. The fourth-order valence-corrected chi connectivity index (χ4v) is 5.11. The average Bonchev–Trinajstić information content (AvgIpc) is 2.57. The van der Waals surface area contributed by atoms with Crippen LogP contribution in [-0.4, -0.2) is 0 Å². The number of rotatable bonds is 1. The number of hydrogen-bond donors (Lipinski definition) is 0. The highest BCUT2D eigenvalue weighted by molar-refractivity contribution is 14.1. The van der Waals surface area contributed by atoms with Crippen molar-refractivity contribution in [3.05, 3.63) is 57.6 Å². The summed E-state index contributed by atoms with van der Waals surface area (Å²) in [6, 6.07) is 8.51. The quantitative estimate of drug-likeness (QED) is 0.281. The molecule has 4 nitrogen and oxygen atoms in total. The predicted molar refractivity (Wildman–Crippen MR) is 127 cm³/mol. The van der Waals surface area contributed by atoms with Crippen LogP contribution >= 0.6 is 30.8 Å². The first-order chi connectivity index (χ1) is 13.2. The molecule has 0 bridgehead atoms. The van der Waals surface area contributed by atoms with Gasteiger partial charge in [-0.25, -0.2) is 4.57 Å². The van der Waals surface area contributed by atoms with Gasteiger partial charge >= 0.3 is 7.82 Å². The molecule has 0 saturated carbocycles. The van der Waals surface area contributed by atoms with E-state index in [4.69, 9.17) is 11.9 Å². The first kappa shape index (κ1) is 22.6. The number of phosphoric acid groups is 1. The van der Waals surface area contributed by atoms with Gasteiger partial charge in [0.1, 0.15) is 34.5 Å². The first-order valence-corrected chi connectivity index (χ1v) is 12.2. The minimum absolute atomic E-state index is 0.00583. The monoisotopic (exact) mass is 528 g/mol. The molecule has 1 aliphatic heterocycles. The third-order valence-electron chi connectivity index (χ3n) is 5.31. The van der Waals surface area contributed by atoms with Crippen molar-refractivity contribution in [2.45, 2.75) is 72.6 Å². The average molecular weight is 528 g/mol. The zero-order valence-electron chi connectivity index (χ0n) is 18.5. The largest absolute Gasteiger partial charge is 0.597 e. The lowest BCUT2D eigenvalue weighted by molar-refractivity contribution is 0.319. The van der Waals surface area contributed by atoms with Crippen molar-refractivity contribution in [2.75, 3.05) is 0 Å². The zero-order valence-corrected chi connectivity index (χ0v) is 21.5. The molecule has 3 rings (SSSR count). The molecule has 2 aromatic carbocycles. The number of halogens is 1. The van der Waals surface area contributed by atoms with Crippen LogP contribution in [0.25, 0.3) is 0 Å². The molecule has 2 aromatic rings. The molecule has 0 aromatic heterocycles. The van der Waals surface area contributed by atoms with Crippen LogP contribution in [0.5, 0.6) is 11.5 Å². The van der Waals surface area contributed by atoms with Gasteiger partial charge in [0, 0.05) is 6.42 Å². The van der Waals surface area contributed by atoms with E-state index in [0.29, 0.717) is 17.9 Å². The highest BCUT2D eigenvalue weighted by Crippen LogP contribution is 2.56.